The maximum atomic E-state index is 12.4. The molecule has 4 heterocycles. The van der Waals surface area contributed by atoms with Crippen LogP contribution in [0.25, 0.3) is 11.0 Å². The minimum atomic E-state index is 0.0286. The Labute approximate surface area is 135 Å². The number of nitrogens with one attached hydrogen (secondary N) is 1. The van der Waals surface area contributed by atoms with Crippen molar-refractivity contribution in [2.24, 2.45) is 0 Å². The molecule has 0 saturated carbocycles. The van der Waals surface area contributed by atoms with Gasteiger partial charge in [-0.05, 0) is 50.7 Å². The van der Waals surface area contributed by atoms with Gasteiger partial charge in [0, 0.05) is 19.1 Å². The summed E-state index contributed by atoms with van der Waals surface area (Å²) in [6, 6.07) is 8.29. The zero-order valence-electron chi connectivity index (χ0n) is 13.3. The summed E-state index contributed by atoms with van der Waals surface area (Å²) in [5.41, 5.74) is 2.03. The van der Waals surface area contributed by atoms with Crippen molar-refractivity contribution in [3.8, 4) is 0 Å². The Kier molecular flexibility index (Phi) is 2.97. The fraction of sp³-hybridized carbons (Fsp3) is 0.611. The molecule has 5 heteroatoms. The fourth-order valence-electron chi connectivity index (χ4n) is 4.95. The van der Waals surface area contributed by atoms with Gasteiger partial charge in [0.15, 0.2) is 0 Å². The fourth-order valence-corrected chi connectivity index (χ4v) is 4.95. The summed E-state index contributed by atoms with van der Waals surface area (Å²) >= 11 is 0. The molecule has 0 amide bonds. The minimum Gasteiger partial charge on any atom is -0.357 e. The molecule has 3 fully saturated rings. The normalized spacial score (nSPS) is 32.1. The van der Waals surface area contributed by atoms with E-state index in [0.29, 0.717) is 12.1 Å². The Bertz CT molecular complexity index is 777. The van der Waals surface area contributed by atoms with E-state index in [2.05, 4.69) is 9.88 Å². The van der Waals surface area contributed by atoms with Gasteiger partial charge in [0.05, 0.1) is 17.1 Å². The van der Waals surface area contributed by atoms with Crippen molar-refractivity contribution in [1.29, 1.82) is 0 Å². The van der Waals surface area contributed by atoms with E-state index in [1.54, 1.807) is 0 Å². The Morgan fingerprint density at radius 2 is 1.83 bits per heavy atom. The van der Waals surface area contributed by atoms with E-state index in [1.807, 2.05) is 28.8 Å². The summed E-state index contributed by atoms with van der Waals surface area (Å²) in [6.07, 6.45) is 7.38. The number of piperidine rings is 1. The van der Waals surface area contributed by atoms with Gasteiger partial charge in [-0.25, -0.2) is 4.79 Å². The highest BCUT2D eigenvalue weighted by Crippen LogP contribution is 2.47. The number of hydrogen-bond acceptors (Lipinski definition) is 3. The molecule has 0 atom stereocenters. The molecule has 1 aromatic heterocycles. The first-order chi connectivity index (χ1) is 11.3. The molecule has 0 spiro atoms. The van der Waals surface area contributed by atoms with Crippen molar-refractivity contribution in [1.82, 2.24) is 14.5 Å². The summed E-state index contributed by atoms with van der Waals surface area (Å²) in [5.74, 6) is 0. The number of ether oxygens (including phenoxy) is 1. The van der Waals surface area contributed by atoms with Crippen LogP contribution in [0.5, 0.6) is 0 Å². The van der Waals surface area contributed by atoms with Crippen molar-refractivity contribution in [2.45, 2.75) is 56.4 Å². The number of imidazole rings is 1. The molecular formula is C18H23N3O2. The second-order valence-corrected chi connectivity index (χ2v) is 7.30. The van der Waals surface area contributed by atoms with E-state index >= 15 is 0 Å². The Morgan fingerprint density at radius 3 is 2.52 bits per heavy atom. The van der Waals surface area contributed by atoms with Gasteiger partial charge in [-0.3, -0.25) is 9.47 Å². The average Bonchev–Trinajstić information content (AvgIpc) is 3.27. The van der Waals surface area contributed by atoms with Crippen LogP contribution < -0.4 is 5.69 Å². The molecule has 2 bridgehead atoms. The minimum absolute atomic E-state index is 0.0286. The van der Waals surface area contributed by atoms with Crippen molar-refractivity contribution in [3.63, 3.8) is 0 Å². The van der Waals surface area contributed by atoms with Crippen LogP contribution in [0.15, 0.2) is 29.1 Å². The number of rotatable bonds is 2. The van der Waals surface area contributed by atoms with Crippen LogP contribution >= 0.6 is 0 Å². The quantitative estimate of drug-likeness (QED) is 0.927. The van der Waals surface area contributed by atoms with E-state index in [9.17, 15) is 4.79 Å². The van der Waals surface area contributed by atoms with Crippen molar-refractivity contribution in [2.75, 3.05) is 13.1 Å². The van der Waals surface area contributed by atoms with Gasteiger partial charge in [0.1, 0.15) is 5.72 Å². The molecule has 3 aliphatic heterocycles. The average molecular weight is 313 g/mol. The summed E-state index contributed by atoms with van der Waals surface area (Å²) in [4.78, 5) is 17.9. The maximum Gasteiger partial charge on any atom is 0.326 e. The van der Waals surface area contributed by atoms with Gasteiger partial charge in [0.25, 0.3) is 0 Å². The van der Waals surface area contributed by atoms with Crippen LogP contribution in [0.3, 0.4) is 0 Å². The van der Waals surface area contributed by atoms with Gasteiger partial charge in [-0.15, -0.1) is 0 Å². The first-order valence-electron chi connectivity index (χ1n) is 8.87. The van der Waals surface area contributed by atoms with Crippen LogP contribution in [-0.4, -0.2) is 39.4 Å². The second-order valence-electron chi connectivity index (χ2n) is 7.30. The van der Waals surface area contributed by atoms with Gasteiger partial charge in [0.2, 0.25) is 0 Å². The van der Waals surface area contributed by atoms with Crippen molar-refractivity contribution >= 4 is 11.0 Å². The lowest BCUT2D eigenvalue weighted by Crippen LogP contribution is -2.51. The predicted octanol–water partition coefficient (Wildman–Crippen LogP) is 2.64. The third-order valence-corrected chi connectivity index (χ3v) is 6.13. The van der Waals surface area contributed by atoms with Gasteiger partial charge in [-0.1, -0.05) is 12.1 Å². The number of H-pyrrole nitrogens is 1. The van der Waals surface area contributed by atoms with E-state index in [0.717, 1.165) is 37.0 Å². The highest BCUT2D eigenvalue weighted by molar-refractivity contribution is 5.75. The number of para-hydroxylation sites is 2. The number of likely N-dealkylation sites (tertiary alicyclic amines) is 1. The number of aromatic nitrogens is 2. The van der Waals surface area contributed by atoms with Crippen molar-refractivity contribution in [3.05, 3.63) is 34.7 Å². The highest BCUT2D eigenvalue weighted by atomic mass is 16.5. The third kappa shape index (κ3) is 2.03. The van der Waals surface area contributed by atoms with Crippen LogP contribution in [-0.2, 0) is 4.74 Å². The predicted molar refractivity (Wildman–Crippen MR) is 88.5 cm³/mol. The monoisotopic (exact) mass is 313 g/mol. The molecule has 5 nitrogen and oxygen atoms in total. The number of nitrogens with zero attached hydrogens (tertiary/aromatic N) is 2. The Hall–Kier alpha value is -1.59. The van der Waals surface area contributed by atoms with Gasteiger partial charge < -0.3 is 9.72 Å². The molecule has 2 aromatic rings. The molecule has 0 unspecified atom stereocenters. The first-order valence-corrected chi connectivity index (χ1v) is 8.87. The number of fused-ring (bicyclic) bond motifs is 3. The Balaban J connectivity index is 1.38. The SMILES string of the molecule is O=c1[nH]c2ccccc2n1C1CCN(C23CCC(CC2)O3)CC1. The van der Waals surface area contributed by atoms with Crippen LogP contribution in [0.2, 0.25) is 0 Å². The molecular weight excluding hydrogens is 290 g/mol. The number of benzene rings is 1. The zero-order valence-corrected chi connectivity index (χ0v) is 13.3. The van der Waals surface area contributed by atoms with Gasteiger partial charge in [-0.2, -0.15) is 0 Å². The lowest BCUT2D eigenvalue weighted by molar-refractivity contribution is -0.120. The van der Waals surface area contributed by atoms with Crippen molar-refractivity contribution < 1.29 is 4.74 Å². The lowest BCUT2D eigenvalue weighted by Gasteiger charge is -2.42. The topological polar surface area (TPSA) is 50.3 Å². The van der Waals surface area contributed by atoms with Gasteiger partial charge >= 0.3 is 5.69 Å². The molecule has 23 heavy (non-hydrogen) atoms. The number of aromatic amines is 1. The third-order valence-electron chi connectivity index (χ3n) is 6.13. The Morgan fingerprint density at radius 1 is 1.09 bits per heavy atom. The van der Waals surface area contributed by atoms with E-state index < -0.39 is 0 Å². The molecule has 0 radical (unpaired) electrons. The number of hydrogen-bond donors (Lipinski definition) is 1. The zero-order chi connectivity index (χ0) is 15.4. The molecule has 1 aromatic carbocycles. The van der Waals surface area contributed by atoms with E-state index in [4.69, 9.17) is 4.74 Å². The van der Waals surface area contributed by atoms with E-state index in [1.165, 1.54) is 25.7 Å². The molecule has 3 saturated heterocycles. The standard InChI is InChI=1S/C18H23N3O2/c22-17-19-15-3-1-2-4-16(15)21(17)13-7-11-20(12-8-13)18-9-5-14(23-18)6-10-18/h1-4,13-14H,5-12H2,(H,19,22). The summed E-state index contributed by atoms with van der Waals surface area (Å²) in [5, 5.41) is 0. The molecule has 5 rings (SSSR count). The summed E-state index contributed by atoms with van der Waals surface area (Å²) < 4.78 is 8.24. The maximum absolute atomic E-state index is 12.4. The van der Waals surface area contributed by atoms with Crippen LogP contribution in [0.1, 0.15) is 44.6 Å². The lowest BCUT2D eigenvalue weighted by atomic mass is 9.91. The molecule has 122 valence electrons. The largest absolute Gasteiger partial charge is 0.357 e. The first kappa shape index (κ1) is 13.8. The van der Waals surface area contributed by atoms with Crippen LogP contribution in [0.4, 0.5) is 0 Å². The molecule has 3 aliphatic rings. The highest BCUT2D eigenvalue weighted by Gasteiger charge is 2.50. The molecule has 0 aliphatic carbocycles. The second kappa shape index (κ2) is 4.95. The van der Waals surface area contributed by atoms with Crippen LogP contribution in [0, 0.1) is 0 Å². The summed E-state index contributed by atoms with van der Waals surface area (Å²) in [7, 11) is 0. The van der Waals surface area contributed by atoms with E-state index in [-0.39, 0.29) is 11.4 Å². The summed E-state index contributed by atoms with van der Waals surface area (Å²) in [6.45, 7) is 2.06. The smallest absolute Gasteiger partial charge is 0.326 e. The molecule has 1 N–H and O–H groups in total.